The maximum Gasteiger partial charge on any atom is 0.387 e. The lowest BCUT2D eigenvalue weighted by Crippen LogP contribution is -2.26. The quantitative estimate of drug-likeness (QED) is 0.570. The van der Waals surface area contributed by atoms with E-state index in [1.165, 1.54) is 40.6 Å². The molecule has 0 amide bonds. The molecule has 0 aliphatic heterocycles. The van der Waals surface area contributed by atoms with Crippen molar-refractivity contribution in [3.8, 4) is 11.4 Å². The summed E-state index contributed by atoms with van der Waals surface area (Å²) in [6.07, 6.45) is 3.13. The van der Waals surface area contributed by atoms with Gasteiger partial charge in [-0.05, 0) is 49.2 Å². The number of benzene rings is 2. The van der Waals surface area contributed by atoms with Gasteiger partial charge in [0.05, 0.1) is 21.8 Å². The third-order valence-electron chi connectivity index (χ3n) is 4.81. The Bertz CT molecular complexity index is 1100. The maximum absolute atomic E-state index is 13.2. The van der Waals surface area contributed by atoms with E-state index in [2.05, 4.69) is 9.72 Å². The van der Waals surface area contributed by atoms with Gasteiger partial charge in [-0.3, -0.25) is 14.2 Å². The van der Waals surface area contributed by atoms with Crippen LogP contribution in [0.2, 0.25) is 0 Å². The van der Waals surface area contributed by atoms with Gasteiger partial charge >= 0.3 is 6.61 Å². The minimum atomic E-state index is -2.92. The Morgan fingerprint density at radius 2 is 1.83 bits per heavy atom. The van der Waals surface area contributed by atoms with Gasteiger partial charge in [0.1, 0.15) is 11.5 Å². The maximum atomic E-state index is 13.2. The summed E-state index contributed by atoms with van der Waals surface area (Å²) in [7, 11) is 0. The molecule has 8 heteroatoms. The molecule has 3 aromatic rings. The number of hydrogen-bond acceptors (Lipinski definition) is 5. The first-order valence-corrected chi connectivity index (χ1v) is 10.2. The van der Waals surface area contributed by atoms with E-state index in [-0.39, 0.29) is 22.3 Å². The van der Waals surface area contributed by atoms with Crippen LogP contribution in [0.5, 0.6) is 5.75 Å². The number of alkyl halides is 2. The fraction of sp³-hybridized carbons (Fsp3) is 0.286. The van der Waals surface area contributed by atoms with Crippen LogP contribution in [-0.4, -0.2) is 27.2 Å². The summed E-state index contributed by atoms with van der Waals surface area (Å²) in [4.78, 5) is 30.2. The van der Waals surface area contributed by atoms with E-state index in [1.54, 1.807) is 24.3 Å². The van der Waals surface area contributed by atoms with Crippen molar-refractivity contribution in [2.45, 2.75) is 42.7 Å². The van der Waals surface area contributed by atoms with Gasteiger partial charge in [-0.2, -0.15) is 8.78 Å². The van der Waals surface area contributed by atoms with Crippen molar-refractivity contribution in [1.29, 1.82) is 0 Å². The molecule has 0 N–H and O–H groups in total. The van der Waals surface area contributed by atoms with Gasteiger partial charge in [-0.1, -0.05) is 30.3 Å². The van der Waals surface area contributed by atoms with Crippen molar-refractivity contribution in [2.75, 3.05) is 0 Å². The average molecular weight is 416 g/mol. The van der Waals surface area contributed by atoms with Crippen molar-refractivity contribution in [3.63, 3.8) is 0 Å². The van der Waals surface area contributed by atoms with E-state index >= 15 is 0 Å². The molecule has 0 radical (unpaired) electrons. The summed E-state index contributed by atoms with van der Waals surface area (Å²) in [5.41, 5.74) is 0.752. The number of Topliss-reactive ketones (excluding diaryl/α,β-unsaturated/α-hetero) is 1. The normalized spacial score (nSPS) is 17.1. The van der Waals surface area contributed by atoms with E-state index < -0.39 is 6.61 Å². The van der Waals surface area contributed by atoms with Crippen LogP contribution in [0.1, 0.15) is 25.7 Å². The number of thioether (sulfide) groups is 1. The Balaban J connectivity index is 1.81. The number of aromatic nitrogens is 2. The molecule has 5 nitrogen and oxygen atoms in total. The topological polar surface area (TPSA) is 61.2 Å². The van der Waals surface area contributed by atoms with Crippen LogP contribution < -0.4 is 10.3 Å². The number of halogens is 2. The molecule has 1 aliphatic rings. The zero-order valence-electron chi connectivity index (χ0n) is 15.4. The third-order valence-corrected chi connectivity index (χ3v) is 6.08. The fourth-order valence-electron chi connectivity index (χ4n) is 3.40. The molecule has 1 aromatic heterocycles. The molecule has 1 atom stereocenters. The van der Waals surface area contributed by atoms with Crippen LogP contribution in [0.25, 0.3) is 16.6 Å². The number of ketones is 1. The third kappa shape index (κ3) is 4.17. The van der Waals surface area contributed by atoms with E-state index in [1.807, 2.05) is 0 Å². The first-order valence-electron chi connectivity index (χ1n) is 9.29. The van der Waals surface area contributed by atoms with E-state index in [4.69, 9.17) is 0 Å². The van der Waals surface area contributed by atoms with Gasteiger partial charge in [-0.15, -0.1) is 0 Å². The van der Waals surface area contributed by atoms with Gasteiger partial charge in [0.25, 0.3) is 5.56 Å². The van der Waals surface area contributed by atoms with Crippen molar-refractivity contribution in [1.82, 2.24) is 9.55 Å². The molecule has 1 fully saturated rings. The molecular formula is C21H18F2N2O3S. The van der Waals surface area contributed by atoms with E-state index in [0.717, 1.165) is 19.3 Å². The van der Waals surface area contributed by atoms with E-state index in [9.17, 15) is 18.4 Å². The fourth-order valence-corrected chi connectivity index (χ4v) is 4.63. The zero-order chi connectivity index (χ0) is 20.4. The molecule has 4 rings (SSSR count). The van der Waals surface area contributed by atoms with Crippen LogP contribution in [0.3, 0.4) is 0 Å². The minimum absolute atomic E-state index is 0.00205. The van der Waals surface area contributed by atoms with E-state index in [0.29, 0.717) is 28.2 Å². The van der Waals surface area contributed by atoms with Gasteiger partial charge in [0.15, 0.2) is 5.16 Å². The molecule has 29 heavy (non-hydrogen) atoms. The number of hydrogen-bond donors (Lipinski definition) is 0. The molecular weight excluding hydrogens is 398 g/mol. The Labute approximate surface area is 169 Å². The molecule has 2 aromatic carbocycles. The van der Waals surface area contributed by atoms with Crippen LogP contribution in [0.4, 0.5) is 8.78 Å². The monoisotopic (exact) mass is 416 g/mol. The number of rotatable bonds is 5. The number of fused-ring (bicyclic) bond motifs is 1. The van der Waals surface area contributed by atoms with Gasteiger partial charge in [-0.25, -0.2) is 4.98 Å². The molecule has 0 spiro atoms. The van der Waals surface area contributed by atoms with Crippen LogP contribution in [-0.2, 0) is 4.79 Å². The molecule has 0 saturated heterocycles. The second kappa shape index (κ2) is 8.32. The summed E-state index contributed by atoms with van der Waals surface area (Å²) in [5.74, 6) is 0.165. The first kappa shape index (κ1) is 19.6. The van der Waals surface area contributed by atoms with Crippen LogP contribution in [0.15, 0.2) is 58.5 Å². The number of carbonyl (C=O) groups excluding carboxylic acids is 1. The summed E-state index contributed by atoms with van der Waals surface area (Å²) < 4.78 is 30.7. The predicted molar refractivity (Wildman–Crippen MR) is 107 cm³/mol. The predicted octanol–water partition coefficient (Wildman–Crippen LogP) is 4.59. The Morgan fingerprint density at radius 1 is 1.07 bits per heavy atom. The average Bonchev–Trinajstić information content (AvgIpc) is 2.71. The number of para-hydroxylation sites is 1. The number of nitrogens with zero attached hydrogens (tertiary/aromatic N) is 2. The first-order chi connectivity index (χ1) is 14.0. The highest BCUT2D eigenvalue weighted by atomic mass is 32.2. The highest BCUT2D eigenvalue weighted by molar-refractivity contribution is 8.00. The molecule has 1 saturated carbocycles. The smallest absolute Gasteiger partial charge is 0.387 e. The molecule has 0 unspecified atom stereocenters. The Hall–Kier alpha value is -2.74. The van der Waals surface area contributed by atoms with Gasteiger partial charge in [0, 0.05) is 6.42 Å². The van der Waals surface area contributed by atoms with Crippen LogP contribution >= 0.6 is 11.8 Å². The summed E-state index contributed by atoms with van der Waals surface area (Å²) in [6, 6.07) is 12.8. The van der Waals surface area contributed by atoms with Gasteiger partial charge < -0.3 is 4.74 Å². The van der Waals surface area contributed by atoms with Gasteiger partial charge in [0.2, 0.25) is 0 Å². The lowest BCUT2D eigenvalue weighted by atomic mass is 9.99. The summed E-state index contributed by atoms with van der Waals surface area (Å²) in [5, 5.41) is 0.612. The molecule has 1 aliphatic carbocycles. The number of ether oxygens (including phenoxy) is 1. The molecule has 150 valence electrons. The summed E-state index contributed by atoms with van der Waals surface area (Å²) in [6.45, 7) is -2.92. The largest absolute Gasteiger partial charge is 0.435 e. The minimum Gasteiger partial charge on any atom is -0.435 e. The Morgan fingerprint density at radius 3 is 2.55 bits per heavy atom. The SMILES string of the molecule is O=C1CCCC[C@@H]1Sc1nc2ccccc2c(=O)n1-c1ccc(OC(F)F)cc1. The second-order valence-electron chi connectivity index (χ2n) is 6.74. The van der Waals surface area contributed by atoms with Crippen LogP contribution in [0, 0.1) is 0 Å². The highest BCUT2D eigenvalue weighted by Gasteiger charge is 2.26. The standard InChI is InChI=1S/C21H18F2N2O3S/c22-20(23)28-14-11-9-13(10-12-14)25-19(27)15-5-1-2-6-16(15)24-21(25)29-18-8-4-3-7-17(18)26/h1-2,5-6,9-12,18,20H,3-4,7-8H2/t18-/m0/s1. The zero-order valence-corrected chi connectivity index (χ0v) is 16.2. The van der Waals surface area contributed by atoms with Crippen molar-refractivity contribution in [3.05, 3.63) is 58.9 Å². The highest BCUT2D eigenvalue weighted by Crippen LogP contribution is 2.32. The number of carbonyl (C=O) groups is 1. The van der Waals surface area contributed by atoms with Crippen molar-refractivity contribution in [2.24, 2.45) is 0 Å². The second-order valence-corrected chi connectivity index (χ2v) is 7.91. The summed E-state index contributed by atoms with van der Waals surface area (Å²) >= 11 is 1.29. The van der Waals surface area contributed by atoms with Crippen molar-refractivity contribution < 1.29 is 18.3 Å². The van der Waals surface area contributed by atoms with Crippen molar-refractivity contribution >= 4 is 28.4 Å². The molecule has 0 bridgehead atoms. The molecule has 1 heterocycles. The lowest BCUT2D eigenvalue weighted by Gasteiger charge is -2.21. The Kier molecular flexibility index (Phi) is 5.62. The lowest BCUT2D eigenvalue weighted by molar-refractivity contribution is -0.119.